The summed E-state index contributed by atoms with van der Waals surface area (Å²) in [4.78, 5) is 0. The molecule has 0 spiro atoms. The molecule has 2 aromatic rings. The lowest BCUT2D eigenvalue weighted by atomic mass is 9.82. The number of hydrogen-bond acceptors (Lipinski definition) is 0. The highest BCUT2D eigenvalue weighted by Gasteiger charge is 2.16. The van der Waals surface area contributed by atoms with Gasteiger partial charge in [-0.25, -0.2) is 0 Å². The molecule has 0 aliphatic carbocycles. The number of benzene rings is 2. The third kappa shape index (κ3) is 6.51. The molecule has 0 radical (unpaired) electrons. The molecule has 132 valence electrons. The maximum absolute atomic E-state index is 2.25. The van der Waals surface area contributed by atoms with Crippen LogP contribution in [0.15, 0.2) is 48.5 Å². The third-order valence-electron chi connectivity index (χ3n) is 4.46. The van der Waals surface area contributed by atoms with Crippen LogP contribution in [0.25, 0.3) is 0 Å². The van der Waals surface area contributed by atoms with Crippen LogP contribution in [0.1, 0.15) is 77.6 Å². The average molecular weight is 325 g/mol. The predicted molar refractivity (Wildman–Crippen MR) is 109 cm³/mol. The standard InChI is InChI=1S/C14H22.C10H14/c1-13(2,3)11-7-9-12(10-8-11)14(4,5)6;1-3-9-5-7-10(4-2)8-6-9/h7-10H,1-6H3;5-8H,3-4H2,1-2H3. The van der Waals surface area contributed by atoms with Gasteiger partial charge in [0.2, 0.25) is 0 Å². The van der Waals surface area contributed by atoms with E-state index in [1.54, 1.807) is 0 Å². The molecule has 0 fully saturated rings. The summed E-state index contributed by atoms with van der Waals surface area (Å²) in [5.41, 5.74) is 6.19. The van der Waals surface area contributed by atoms with E-state index in [-0.39, 0.29) is 10.8 Å². The molecule has 0 N–H and O–H groups in total. The maximum Gasteiger partial charge on any atom is -0.0132 e. The van der Waals surface area contributed by atoms with Crippen molar-refractivity contribution in [1.82, 2.24) is 0 Å². The molecule has 0 aliphatic rings. The summed E-state index contributed by atoms with van der Waals surface area (Å²) < 4.78 is 0. The van der Waals surface area contributed by atoms with E-state index >= 15 is 0 Å². The molecule has 0 bridgehead atoms. The minimum atomic E-state index is 0.260. The van der Waals surface area contributed by atoms with Crippen molar-refractivity contribution >= 4 is 0 Å². The highest BCUT2D eigenvalue weighted by molar-refractivity contribution is 5.30. The van der Waals surface area contributed by atoms with Crippen molar-refractivity contribution in [3.8, 4) is 0 Å². The van der Waals surface area contributed by atoms with E-state index in [2.05, 4.69) is 104 Å². The zero-order chi connectivity index (χ0) is 18.4. The van der Waals surface area contributed by atoms with Crippen molar-refractivity contribution in [2.75, 3.05) is 0 Å². The van der Waals surface area contributed by atoms with Gasteiger partial charge >= 0.3 is 0 Å². The molecular weight excluding hydrogens is 288 g/mol. The molecule has 0 aliphatic heterocycles. The first-order chi connectivity index (χ1) is 11.1. The number of aryl methyl sites for hydroxylation is 2. The number of rotatable bonds is 2. The Kier molecular flexibility index (Phi) is 7.27. The van der Waals surface area contributed by atoms with Gasteiger partial charge in [0.15, 0.2) is 0 Å². The van der Waals surface area contributed by atoms with Gasteiger partial charge in [0.1, 0.15) is 0 Å². The Morgan fingerprint density at radius 1 is 0.500 bits per heavy atom. The van der Waals surface area contributed by atoms with Gasteiger partial charge in [0.25, 0.3) is 0 Å². The van der Waals surface area contributed by atoms with Gasteiger partial charge in [0.05, 0.1) is 0 Å². The van der Waals surface area contributed by atoms with Crippen molar-refractivity contribution in [2.45, 2.75) is 79.1 Å². The molecule has 0 aromatic heterocycles. The van der Waals surface area contributed by atoms with E-state index in [0.717, 1.165) is 12.8 Å². The predicted octanol–water partition coefficient (Wildman–Crippen LogP) is 7.09. The van der Waals surface area contributed by atoms with Crippen LogP contribution in [0, 0.1) is 0 Å². The Morgan fingerprint density at radius 2 is 0.750 bits per heavy atom. The van der Waals surface area contributed by atoms with Crippen LogP contribution in [0.2, 0.25) is 0 Å². The molecule has 0 unspecified atom stereocenters. The van der Waals surface area contributed by atoms with Gasteiger partial charge in [-0.05, 0) is 45.9 Å². The Labute approximate surface area is 150 Å². The summed E-state index contributed by atoms with van der Waals surface area (Å²) in [6, 6.07) is 17.8. The Morgan fingerprint density at radius 3 is 0.917 bits per heavy atom. The van der Waals surface area contributed by atoms with Gasteiger partial charge < -0.3 is 0 Å². The van der Waals surface area contributed by atoms with E-state index in [4.69, 9.17) is 0 Å². The van der Waals surface area contributed by atoms with E-state index in [9.17, 15) is 0 Å². The third-order valence-corrected chi connectivity index (χ3v) is 4.46. The second kappa shape index (κ2) is 8.51. The minimum absolute atomic E-state index is 0.260. The molecule has 0 atom stereocenters. The van der Waals surface area contributed by atoms with Crippen molar-refractivity contribution in [1.29, 1.82) is 0 Å². The fraction of sp³-hybridized carbons (Fsp3) is 0.500. The highest BCUT2D eigenvalue weighted by Crippen LogP contribution is 2.26. The highest BCUT2D eigenvalue weighted by atomic mass is 14.2. The summed E-state index contributed by atoms with van der Waals surface area (Å²) in [7, 11) is 0. The molecule has 24 heavy (non-hydrogen) atoms. The second-order valence-electron chi connectivity index (χ2n) is 8.60. The summed E-state index contributed by atoms with van der Waals surface area (Å²) in [6.45, 7) is 17.9. The van der Waals surface area contributed by atoms with Crippen LogP contribution in [-0.4, -0.2) is 0 Å². The Bertz CT molecular complexity index is 530. The average Bonchev–Trinajstić information content (AvgIpc) is 2.54. The molecule has 0 nitrogen and oxygen atoms in total. The summed E-state index contributed by atoms with van der Waals surface area (Å²) >= 11 is 0. The summed E-state index contributed by atoms with van der Waals surface area (Å²) in [5, 5.41) is 0. The van der Waals surface area contributed by atoms with E-state index in [0.29, 0.717) is 0 Å². The van der Waals surface area contributed by atoms with Crippen LogP contribution in [0.4, 0.5) is 0 Å². The van der Waals surface area contributed by atoms with Crippen LogP contribution >= 0.6 is 0 Å². The van der Waals surface area contributed by atoms with Gasteiger partial charge in [-0.15, -0.1) is 0 Å². The zero-order valence-electron chi connectivity index (χ0n) is 17.0. The van der Waals surface area contributed by atoms with Gasteiger partial charge in [-0.1, -0.05) is 104 Å². The van der Waals surface area contributed by atoms with Crippen molar-refractivity contribution in [3.63, 3.8) is 0 Å². The minimum Gasteiger partial charge on any atom is -0.0613 e. The lowest BCUT2D eigenvalue weighted by Gasteiger charge is -2.23. The molecule has 2 aromatic carbocycles. The van der Waals surface area contributed by atoms with Crippen molar-refractivity contribution in [3.05, 3.63) is 70.8 Å². The van der Waals surface area contributed by atoms with Crippen LogP contribution < -0.4 is 0 Å². The Hall–Kier alpha value is -1.56. The fourth-order valence-corrected chi connectivity index (χ4v) is 2.48. The SMILES string of the molecule is CC(C)(C)c1ccc(C(C)(C)C)cc1.CCc1ccc(CC)cc1. The molecule has 0 saturated heterocycles. The van der Waals surface area contributed by atoms with Crippen LogP contribution in [0.3, 0.4) is 0 Å². The fourth-order valence-electron chi connectivity index (χ4n) is 2.48. The summed E-state index contributed by atoms with van der Waals surface area (Å²) in [5.74, 6) is 0. The first-order valence-electron chi connectivity index (χ1n) is 9.26. The second-order valence-corrected chi connectivity index (χ2v) is 8.60. The van der Waals surface area contributed by atoms with E-state index < -0.39 is 0 Å². The monoisotopic (exact) mass is 324 g/mol. The lowest BCUT2D eigenvalue weighted by molar-refractivity contribution is 0.577. The molecule has 0 amide bonds. The molecular formula is C24H36. The van der Waals surface area contributed by atoms with Crippen molar-refractivity contribution < 1.29 is 0 Å². The normalized spacial score (nSPS) is 11.7. The van der Waals surface area contributed by atoms with E-state index in [1.807, 2.05) is 0 Å². The number of hydrogen-bond donors (Lipinski definition) is 0. The van der Waals surface area contributed by atoms with Gasteiger partial charge in [-0.3, -0.25) is 0 Å². The molecule has 2 rings (SSSR count). The molecule has 0 heteroatoms. The van der Waals surface area contributed by atoms with Crippen LogP contribution in [0.5, 0.6) is 0 Å². The largest absolute Gasteiger partial charge is 0.0613 e. The zero-order valence-corrected chi connectivity index (χ0v) is 17.0. The first-order valence-corrected chi connectivity index (χ1v) is 9.26. The van der Waals surface area contributed by atoms with Crippen molar-refractivity contribution in [2.24, 2.45) is 0 Å². The smallest absolute Gasteiger partial charge is 0.0132 e. The lowest BCUT2D eigenvalue weighted by Crippen LogP contribution is -2.14. The van der Waals surface area contributed by atoms with E-state index in [1.165, 1.54) is 22.3 Å². The van der Waals surface area contributed by atoms with Gasteiger partial charge in [-0.2, -0.15) is 0 Å². The Balaban J connectivity index is 0.000000254. The first kappa shape index (κ1) is 20.5. The topological polar surface area (TPSA) is 0 Å². The maximum atomic E-state index is 2.25. The summed E-state index contributed by atoms with van der Waals surface area (Å²) in [6.07, 6.45) is 2.29. The molecule has 0 heterocycles. The van der Waals surface area contributed by atoms with Crippen LogP contribution in [-0.2, 0) is 23.7 Å². The molecule has 0 saturated carbocycles. The quantitative estimate of drug-likeness (QED) is 0.553. The van der Waals surface area contributed by atoms with Gasteiger partial charge in [0, 0.05) is 0 Å².